The van der Waals surface area contributed by atoms with E-state index in [1.165, 1.54) is 11.4 Å². The number of nitrogens with one attached hydrogen (secondary N) is 1. The molecule has 2 atom stereocenters. The molecule has 4 aromatic heterocycles. The predicted molar refractivity (Wildman–Crippen MR) is 137 cm³/mol. The topological polar surface area (TPSA) is 111 Å². The van der Waals surface area contributed by atoms with Crippen molar-refractivity contribution in [2.24, 2.45) is 0 Å². The normalized spacial score (nSPS) is 23.0. The number of nitrogen functional groups attached to an aromatic ring is 1. The molecule has 2 fully saturated rings. The number of anilines is 2. The molecule has 2 aliphatic rings. The number of nitrogens with zero attached hydrogens (tertiary/aromatic N) is 7. The standard InChI is InChI=1S/C25H29F4N9O/c1-3-24(26)12-36(15-10-39-11-15)8-7-19(24)33-23-34-21(30)20-16(6-9-38(20)35-23)17-4-5-18-22(32-17)37(14(2)31-18)13-25(27,28)29/h4-6,9,15,19H,3,7-8,10-13H2,1-2H3,(H3,30,33,34,35)/t19-,24?/m1/s1. The summed E-state index contributed by atoms with van der Waals surface area (Å²) in [6.45, 7) is 4.46. The van der Waals surface area contributed by atoms with Crippen LogP contribution in [0.2, 0.25) is 0 Å². The zero-order valence-corrected chi connectivity index (χ0v) is 21.5. The Morgan fingerprint density at radius 3 is 2.67 bits per heavy atom. The number of likely N-dealkylation sites (tertiary alicyclic amines) is 1. The molecular formula is C25H29F4N9O. The van der Waals surface area contributed by atoms with Crippen LogP contribution in [0, 0.1) is 6.92 Å². The maximum absolute atomic E-state index is 16.0. The second-order valence-electron chi connectivity index (χ2n) is 10.3. The highest BCUT2D eigenvalue weighted by Gasteiger charge is 2.45. The maximum atomic E-state index is 16.0. The van der Waals surface area contributed by atoms with Gasteiger partial charge in [-0.25, -0.2) is 18.9 Å². The Balaban J connectivity index is 1.29. The van der Waals surface area contributed by atoms with Gasteiger partial charge < -0.3 is 20.4 Å². The van der Waals surface area contributed by atoms with Gasteiger partial charge in [-0.1, -0.05) is 6.92 Å². The third-order valence-corrected chi connectivity index (χ3v) is 7.76. The molecule has 0 bridgehead atoms. The van der Waals surface area contributed by atoms with Crippen molar-refractivity contribution < 1.29 is 22.3 Å². The first-order valence-electron chi connectivity index (χ1n) is 12.9. The van der Waals surface area contributed by atoms with Gasteiger partial charge in [-0.05, 0) is 38.0 Å². The number of fused-ring (bicyclic) bond motifs is 2. The molecule has 14 heteroatoms. The fourth-order valence-corrected chi connectivity index (χ4v) is 5.50. The van der Waals surface area contributed by atoms with E-state index in [2.05, 4.69) is 30.3 Å². The number of hydrogen-bond donors (Lipinski definition) is 2. The molecule has 0 amide bonds. The lowest BCUT2D eigenvalue weighted by Crippen LogP contribution is -2.62. The van der Waals surface area contributed by atoms with Gasteiger partial charge in [-0.2, -0.15) is 18.2 Å². The first-order valence-corrected chi connectivity index (χ1v) is 12.9. The molecule has 0 aliphatic carbocycles. The van der Waals surface area contributed by atoms with Crippen molar-refractivity contribution >= 4 is 28.4 Å². The summed E-state index contributed by atoms with van der Waals surface area (Å²) >= 11 is 0. The van der Waals surface area contributed by atoms with Crippen molar-refractivity contribution in [3.8, 4) is 11.3 Å². The molecule has 2 saturated heterocycles. The van der Waals surface area contributed by atoms with E-state index < -0.39 is 24.4 Å². The number of alkyl halides is 4. The maximum Gasteiger partial charge on any atom is 0.406 e. The Kier molecular flexibility index (Phi) is 6.14. The lowest BCUT2D eigenvalue weighted by Gasteiger charge is -2.47. The number of piperidine rings is 1. The van der Waals surface area contributed by atoms with Crippen LogP contribution >= 0.6 is 0 Å². The van der Waals surface area contributed by atoms with Crippen LogP contribution in [0.5, 0.6) is 0 Å². The van der Waals surface area contributed by atoms with Gasteiger partial charge in [0.2, 0.25) is 5.95 Å². The van der Waals surface area contributed by atoms with E-state index >= 15 is 4.39 Å². The number of aromatic nitrogens is 6. The van der Waals surface area contributed by atoms with Crippen molar-refractivity contribution in [3.63, 3.8) is 0 Å². The van der Waals surface area contributed by atoms with Crippen molar-refractivity contribution in [2.45, 2.75) is 57.2 Å². The Morgan fingerprint density at radius 2 is 1.97 bits per heavy atom. The minimum absolute atomic E-state index is 0.123. The number of rotatable bonds is 6. The van der Waals surface area contributed by atoms with Crippen LogP contribution in [0.4, 0.5) is 29.3 Å². The molecular weight excluding hydrogens is 518 g/mol. The summed E-state index contributed by atoms with van der Waals surface area (Å²) < 4.78 is 63.3. The number of hydrogen-bond acceptors (Lipinski definition) is 8. The van der Waals surface area contributed by atoms with E-state index in [0.29, 0.717) is 54.9 Å². The van der Waals surface area contributed by atoms with Gasteiger partial charge in [0.15, 0.2) is 11.5 Å². The average Bonchev–Trinajstić information content (AvgIpc) is 3.40. The molecule has 3 N–H and O–H groups in total. The number of halogens is 4. The summed E-state index contributed by atoms with van der Waals surface area (Å²) in [5.74, 6) is 0.555. The van der Waals surface area contributed by atoms with Crippen LogP contribution in [-0.4, -0.2) is 84.3 Å². The van der Waals surface area contributed by atoms with E-state index in [1.807, 2.05) is 6.92 Å². The smallest absolute Gasteiger partial charge is 0.382 e. The van der Waals surface area contributed by atoms with Gasteiger partial charge in [0.05, 0.1) is 31.0 Å². The SMILES string of the molecule is CCC1(F)CN(C2COC2)CC[C@H]1Nc1nc(N)c2c(-c3ccc4nc(C)n(CC(F)(F)F)c4n3)ccn2n1. The van der Waals surface area contributed by atoms with E-state index in [9.17, 15) is 13.2 Å². The minimum Gasteiger partial charge on any atom is -0.382 e. The van der Waals surface area contributed by atoms with E-state index in [0.717, 1.165) is 11.1 Å². The third-order valence-electron chi connectivity index (χ3n) is 7.76. The number of ether oxygens (including phenoxy) is 1. The van der Waals surface area contributed by atoms with E-state index in [1.54, 1.807) is 24.4 Å². The van der Waals surface area contributed by atoms with Crippen molar-refractivity contribution in [3.05, 3.63) is 30.2 Å². The average molecular weight is 548 g/mol. The predicted octanol–water partition coefficient (Wildman–Crippen LogP) is 3.60. The van der Waals surface area contributed by atoms with Crippen molar-refractivity contribution in [1.82, 2.24) is 34.0 Å². The van der Waals surface area contributed by atoms with Crippen molar-refractivity contribution in [1.29, 1.82) is 0 Å². The van der Waals surface area contributed by atoms with Crippen LogP contribution in [0.25, 0.3) is 27.9 Å². The first kappa shape index (κ1) is 25.7. The zero-order valence-electron chi connectivity index (χ0n) is 21.5. The highest BCUT2D eigenvalue weighted by atomic mass is 19.4. The first-order chi connectivity index (χ1) is 18.5. The molecule has 0 radical (unpaired) electrons. The van der Waals surface area contributed by atoms with E-state index in [4.69, 9.17) is 10.5 Å². The second kappa shape index (κ2) is 9.30. The molecule has 2 aliphatic heterocycles. The van der Waals surface area contributed by atoms with Gasteiger partial charge >= 0.3 is 6.18 Å². The van der Waals surface area contributed by atoms with E-state index in [-0.39, 0.29) is 29.3 Å². The second-order valence-corrected chi connectivity index (χ2v) is 10.3. The van der Waals surface area contributed by atoms with Gasteiger partial charge in [-0.3, -0.25) is 4.90 Å². The Hall–Kier alpha value is -3.52. The molecule has 6 heterocycles. The largest absolute Gasteiger partial charge is 0.406 e. The van der Waals surface area contributed by atoms with Crippen LogP contribution in [0.15, 0.2) is 24.4 Å². The fraction of sp³-hybridized carbons (Fsp3) is 0.520. The Labute approximate surface area is 221 Å². The van der Waals surface area contributed by atoms with Crippen LogP contribution < -0.4 is 11.1 Å². The highest BCUT2D eigenvalue weighted by molar-refractivity contribution is 5.88. The van der Waals surface area contributed by atoms with Crippen LogP contribution in [-0.2, 0) is 11.3 Å². The summed E-state index contributed by atoms with van der Waals surface area (Å²) in [6, 6.07) is 4.79. The highest BCUT2D eigenvalue weighted by Crippen LogP contribution is 2.34. The molecule has 1 unspecified atom stereocenters. The lowest BCUT2D eigenvalue weighted by atomic mass is 9.86. The van der Waals surface area contributed by atoms with Gasteiger partial charge in [-0.15, -0.1) is 5.10 Å². The van der Waals surface area contributed by atoms with Gasteiger partial charge in [0.25, 0.3) is 0 Å². The monoisotopic (exact) mass is 547 g/mol. The summed E-state index contributed by atoms with van der Waals surface area (Å²) in [6.07, 6.45) is -1.84. The Morgan fingerprint density at radius 1 is 1.18 bits per heavy atom. The van der Waals surface area contributed by atoms with Crippen LogP contribution in [0.3, 0.4) is 0 Å². The summed E-state index contributed by atoms with van der Waals surface area (Å²) in [5.41, 5.74) is 6.77. The molecule has 39 heavy (non-hydrogen) atoms. The molecule has 6 rings (SSSR count). The molecule has 208 valence electrons. The summed E-state index contributed by atoms with van der Waals surface area (Å²) in [7, 11) is 0. The quantitative estimate of drug-likeness (QED) is 0.353. The molecule has 0 aromatic carbocycles. The van der Waals surface area contributed by atoms with Gasteiger partial charge in [0.1, 0.15) is 29.1 Å². The van der Waals surface area contributed by atoms with Crippen molar-refractivity contribution in [2.75, 3.05) is 37.4 Å². The molecule has 10 nitrogen and oxygen atoms in total. The molecule has 0 saturated carbocycles. The number of imidazole rings is 1. The molecule has 0 spiro atoms. The number of pyridine rings is 1. The summed E-state index contributed by atoms with van der Waals surface area (Å²) in [5, 5.41) is 7.68. The third kappa shape index (κ3) is 4.65. The Bertz CT molecular complexity index is 1530. The minimum atomic E-state index is -4.42. The fourth-order valence-electron chi connectivity index (χ4n) is 5.50. The molecule has 4 aromatic rings. The lowest BCUT2D eigenvalue weighted by molar-refractivity contribution is -0.140. The number of nitrogens with two attached hydrogens (primary N) is 1. The van der Waals surface area contributed by atoms with Crippen LogP contribution in [0.1, 0.15) is 25.6 Å². The number of aryl methyl sites for hydroxylation is 1. The summed E-state index contributed by atoms with van der Waals surface area (Å²) in [4.78, 5) is 15.3. The zero-order chi connectivity index (χ0) is 27.5. The van der Waals surface area contributed by atoms with Gasteiger partial charge in [0, 0.05) is 24.8 Å².